The summed E-state index contributed by atoms with van der Waals surface area (Å²) in [6.45, 7) is 1.75. The van der Waals surface area contributed by atoms with Crippen molar-refractivity contribution in [3.8, 4) is 0 Å². The Hall–Kier alpha value is -3.02. The van der Waals surface area contributed by atoms with Gasteiger partial charge in [0, 0.05) is 49.8 Å². The molecule has 134 valence electrons. The molecule has 3 aromatic rings. The standard InChI is InChI=1S/C20H21N3O3/c1-21-19(24)9-14-11-22-8-4-6-16(22)13-23(12-14)20(25)18-10-15-5-2-3-7-17(15)26-18/h2-8,10,14H,9,11-13H2,1H3,(H,21,24)/t14-/m1/s1. The molecule has 1 aliphatic rings. The lowest BCUT2D eigenvalue weighted by molar-refractivity contribution is -0.121. The number of furan rings is 1. The maximum absolute atomic E-state index is 13.1. The number of carbonyl (C=O) groups is 2. The third-order valence-corrected chi connectivity index (χ3v) is 4.89. The predicted molar refractivity (Wildman–Crippen MR) is 97.6 cm³/mol. The highest BCUT2D eigenvalue weighted by Gasteiger charge is 2.28. The lowest BCUT2D eigenvalue weighted by Gasteiger charge is -2.23. The quantitative estimate of drug-likeness (QED) is 0.789. The van der Waals surface area contributed by atoms with E-state index in [1.165, 1.54) is 0 Å². The maximum atomic E-state index is 13.1. The zero-order valence-corrected chi connectivity index (χ0v) is 14.6. The molecule has 6 heteroatoms. The second kappa shape index (κ2) is 6.71. The minimum Gasteiger partial charge on any atom is -0.451 e. The summed E-state index contributed by atoms with van der Waals surface area (Å²) >= 11 is 0. The van der Waals surface area contributed by atoms with Crippen LogP contribution in [-0.2, 0) is 17.9 Å². The third-order valence-electron chi connectivity index (χ3n) is 4.89. The number of amides is 2. The van der Waals surface area contributed by atoms with Gasteiger partial charge in [-0.3, -0.25) is 9.59 Å². The van der Waals surface area contributed by atoms with E-state index >= 15 is 0 Å². The second-order valence-electron chi connectivity index (χ2n) is 6.73. The highest BCUT2D eigenvalue weighted by Crippen LogP contribution is 2.24. The monoisotopic (exact) mass is 351 g/mol. The number of fused-ring (bicyclic) bond motifs is 2. The molecule has 0 aliphatic carbocycles. The van der Waals surface area contributed by atoms with Crippen molar-refractivity contribution in [1.29, 1.82) is 0 Å². The minimum atomic E-state index is -0.141. The lowest BCUT2D eigenvalue weighted by Crippen LogP contribution is -2.35. The van der Waals surface area contributed by atoms with Crippen LogP contribution in [0.5, 0.6) is 0 Å². The van der Waals surface area contributed by atoms with Gasteiger partial charge in [0.2, 0.25) is 5.91 Å². The van der Waals surface area contributed by atoms with E-state index in [1.807, 2.05) is 42.6 Å². The fraction of sp³-hybridized carbons (Fsp3) is 0.300. The normalized spacial score (nSPS) is 17.0. The third kappa shape index (κ3) is 3.10. The summed E-state index contributed by atoms with van der Waals surface area (Å²) in [5.74, 6) is 0.237. The zero-order chi connectivity index (χ0) is 18.1. The van der Waals surface area contributed by atoms with Crippen molar-refractivity contribution in [2.75, 3.05) is 13.6 Å². The number of nitrogens with zero attached hydrogens (tertiary/aromatic N) is 2. The topological polar surface area (TPSA) is 67.5 Å². The van der Waals surface area contributed by atoms with Crippen molar-refractivity contribution < 1.29 is 14.0 Å². The molecule has 1 aliphatic heterocycles. The van der Waals surface area contributed by atoms with Crippen molar-refractivity contribution in [3.05, 3.63) is 60.1 Å². The Morgan fingerprint density at radius 1 is 1.19 bits per heavy atom. The number of benzene rings is 1. The zero-order valence-electron chi connectivity index (χ0n) is 14.6. The first-order valence-electron chi connectivity index (χ1n) is 8.76. The van der Waals surface area contributed by atoms with Crippen LogP contribution in [-0.4, -0.2) is 34.9 Å². The fourth-order valence-electron chi connectivity index (χ4n) is 3.57. The molecule has 1 N–H and O–H groups in total. The maximum Gasteiger partial charge on any atom is 0.289 e. The first-order valence-corrected chi connectivity index (χ1v) is 8.76. The molecule has 0 bridgehead atoms. The van der Waals surface area contributed by atoms with Crippen molar-refractivity contribution in [3.63, 3.8) is 0 Å². The van der Waals surface area contributed by atoms with Crippen molar-refractivity contribution in [2.45, 2.75) is 19.5 Å². The second-order valence-corrected chi connectivity index (χ2v) is 6.73. The van der Waals surface area contributed by atoms with Crippen LogP contribution < -0.4 is 5.32 Å². The van der Waals surface area contributed by atoms with Gasteiger partial charge in [-0.15, -0.1) is 0 Å². The molecule has 1 atom stereocenters. The summed E-state index contributed by atoms with van der Waals surface area (Å²) in [5.41, 5.74) is 1.77. The molecule has 2 amide bonds. The molecule has 0 saturated carbocycles. The summed E-state index contributed by atoms with van der Waals surface area (Å²) in [6.07, 6.45) is 2.39. The van der Waals surface area contributed by atoms with Gasteiger partial charge >= 0.3 is 0 Å². The van der Waals surface area contributed by atoms with Crippen LogP contribution in [0.3, 0.4) is 0 Å². The van der Waals surface area contributed by atoms with Crippen LogP contribution in [0.4, 0.5) is 0 Å². The highest BCUT2D eigenvalue weighted by atomic mass is 16.3. The van der Waals surface area contributed by atoms with Gasteiger partial charge < -0.3 is 19.2 Å². The average molecular weight is 351 g/mol. The molecule has 4 rings (SSSR count). The molecule has 0 spiro atoms. The molecule has 26 heavy (non-hydrogen) atoms. The van der Waals surface area contributed by atoms with Crippen molar-refractivity contribution in [1.82, 2.24) is 14.8 Å². The lowest BCUT2D eigenvalue weighted by atomic mass is 10.0. The number of aromatic nitrogens is 1. The van der Waals surface area contributed by atoms with E-state index in [2.05, 4.69) is 9.88 Å². The van der Waals surface area contributed by atoms with Crippen LogP contribution >= 0.6 is 0 Å². The molecular formula is C20H21N3O3. The molecule has 0 unspecified atom stereocenters. The molecule has 3 heterocycles. The van der Waals surface area contributed by atoms with Gasteiger partial charge in [0.05, 0.1) is 6.54 Å². The Kier molecular flexibility index (Phi) is 4.24. The minimum absolute atomic E-state index is 0.0123. The Morgan fingerprint density at radius 2 is 2.04 bits per heavy atom. The van der Waals surface area contributed by atoms with Crippen molar-refractivity contribution in [2.24, 2.45) is 5.92 Å². The number of carbonyl (C=O) groups excluding carboxylic acids is 2. The highest BCUT2D eigenvalue weighted by molar-refractivity contribution is 5.96. The Morgan fingerprint density at radius 3 is 2.85 bits per heavy atom. The van der Waals surface area contributed by atoms with Crippen LogP contribution in [0.25, 0.3) is 11.0 Å². The summed E-state index contributed by atoms with van der Waals surface area (Å²) < 4.78 is 7.88. The smallest absolute Gasteiger partial charge is 0.289 e. The van der Waals surface area contributed by atoms with E-state index in [9.17, 15) is 9.59 Å². The van der Waals surface area contributed by atoms with Crippen LogP contribution in [0.2, 0.25) is 0 Å². The van der Waals surface area contributed by atoms with Crippen molar-refractivity contribution >= 4 is 22.8 Å². The van der Waals surface area contributed by atoms with Gasteiger partial charge in [-0.2, -0.15) is 0 Å². The van der Waals surface area contributed by atoms with E-state index in [0.29, 0.717) is 30.9 Å². The molecule has 1 aromatic carbocycles. The Bertz CT molecular complexity index is 923. The molecule has 2 aromatic heterocycles. The van der Waals surface area contributed by atoms with E-state index in [-0.39, 0.29) is 17.7 Å². The summed E-state index contributed by atoms with van der Waals surface area (Å²) in [6, 6.07) is 13.4. The average Bonchev–Trinajstić information content (AvgIpc) is 3.23. The molecule has 0 saturated heterocycles. The van der Waals surface area contributed by atoms with Gasteiger partial charge in [-0.25, -0.2) is 0 Å². The van der Waals surface area contributed by atoms with E-state index in [0.717, 1.165) is 17.6 Å². The number of hydrogen-bond donors (Lipinski definition) is 1. The van der Waals surface area contributed by atoms with E-state index in [4.69, 9.17) is 4.42 Å². The summed E-state index contributed by atoms with van der Waals surface area (Å²) in [7, 11) is 1.64. The molecule has 0 radical (unpaired) electrons. The fourth-order valence-corrected chi connectivity index (χ4v) is 3.57. The SMILES string of the molecule is CNC(=O)C[C@H]1CN(C(=O)c2cc3ccccc3o2)Cc2cccn2C1. The number of rotatable bonds is 3. The van der Waals surface area contributed by atoms with E-state index in [1.54, 1.807) is 18.0 Å². The largest absolute Gasteiger partial charge is 0.451 e. The van der Waals surface area contributed by atoms with Gasteiger partial charge in [0.15, 0.2) is 5.76 Å². The number of nitrogens with one attached hydrogen (secondary N) is 1. The summed E-state index contributed by atoms with van der Waals surface area (Å²) in [4.78, 5) is 26.7. The summed E-state index contributed by atoms with van der Waals surface area (Å²) in [5, 5.41) is 3.59. The van der Waals surface area contributed by atoms with Gasteiger partial charge in [-0.1, -0.05) is 18.2 Å². The molecule has 6 nitrogen and oxygen atoms in total. The predicted octanol–water partition coefficient (Wildman–Crippen LogP) is 2.64. The van der Waals surface area contributed by atoms with Crippen LogP contribution in [0, 0.1) is 5.92 Å². The van der Waals surface area contributed by atoms with Crippen LogP contribution in [0.15, 0.2) is 53.1 Å². The first-order chi connectivity index (χ1) is 12.6. The van der Waals surface area contributed by atoms with Crippen LogP contribution in [0.1, 0.15) is 22.7 Å². The number of para-hydroxylation sites is 1. The van der Waals surface area contributed by atoms with Gasteiger partial charge in [0.25, 0.3) is 5.91 Å². The molecule has 0 fully saturated rings. The Labute approximate surface area is 151 Å². The Balaban J connectivity index is 1.63. The first kappa shape index (κ1) is 16.4. The van der Waals surface area contributed by atoms with E-state index < -0.39 is 0 Å². The molecular weight excluding hydrogens is 330 g/mol. The van der Waals surface area contributed by atoms with Gasteiger partial charge in [-0.05, 0) is 24.3 Å². The number of hydrogen-bond acceptors (Lipinski definition) is 3. The van der Waals surface area contributed by atoms with Gasteiger partial charge in [0.1, 0.15) is 5.58 Å².